The molecule has 1 rings (SSSR count). The Morgan fingerprint density at radius 2 is 1.88 bits per heavy atom. The molecule has 0 heterocycles. The Hall–Kier alpha value is -1.10. The molecule has 0 aliphatic rings. The van der Waals surface area contributed by atoms with Crippen LogP contribution in [0.2, 0.25) is 0 Å². The average molecular weight is 225 g/mol. The largest absolute Gasteiger partial charge is 0.508 e. The molecule has 0 saturated heterocycles. The van der Waals surface area contributed by atoms with Crippen molar-refractivity contribution in [2.45, 2.75) is 25.9 Å². The molecule has 0 spiro atoms. The van der Waals surface area contributed by atoms with E-state index in [1.54, 1.807) is 6.07 Å². The summed E-state index contributed by atoms with van der Waals surface area (Å²) >= 11 is 0. The fraction of sp³-hybridized carbons (Fsp3) is 0.500. The summed E-state index contributed by atoms with van der Waals surface area (Å²) < 4.78 is 0. The van der Waals surface area contributed by atoms with E-state index in [-0.39, 0.29) is 31.0 Å². The van der Waals surface area contributed by atoms with Crippen LogP contribution in [0.3, 0.4) is 0 Å². The number of aliphatic hydroxyl groups excluding tert-OH is 2. The third-order valence-corrected chi connectivity index (χ3v) is 2.58. The highest BCUT2D eigenvalue weighted by Gasteiger charge is 2.14. The zero-order valence-electron chi connectivity index (χ0n) is 9.64. The van der Waals surface area contributed by atoms with Gasteiger partial charge in [-0.15, -0.1) is 0 Å². The fourth-order valence-corrected chi connectivity index (χ4v) is 1.63. The molecule has 0 aliphatic carbocycles. The van der Waals surface area contributed by atoms with Gasteiger partial charge in [-0.3, -0.25) is 0 Å². The molecule has 0 fully saturated rings. The molecule has 16 heavy (non-hydrogen) atoms. The van der Waals surface area contributed by atoms with Crippen molar-refractivity contribution in [3.8, 4) is 5.75 Å². The first kappa shape index (κ1) is 13.0. The van der Waals surface area contributed by atoms with Crippen molar-refractivity contribution >= 4 is 0 Å². The number of aromatic hydroxyl groups is 1. The highest BCUT2D eigenvalue weighted by Crippen LogP contribution is 2.25. The summed E-state index contributed by atoms with van der Waals surface area (Å²) in [7, 11) is 0. The lowest BCUT2D eigenvalue weighted by Crippen LogP contribution is -2.37. The molecule has 4 N–H and O–H groups in total. The van der Waals surface area contributed by atoms with Gasteiger partial charge in [0.2, 0.25) is 0 Å². The molecular weight excluding hydrogens is 206 g/mol. The number of phenols is 1. The van der Waals surface area contributed by atoms with E-state index in [0.717, 1.165) is 11.1 Å². The molecule has 1 atom stereocenters. The van der Waals surface area contributed by atoms with Gasteiger partial charge in [-0.1, -0.05) is 17.7 Å². The summed E-state index contributed by atoms with van der Waals surface area (Å²) in [6, 6.07) is 4.88. The molecule has 0 amide bonds. The Balaban J connectivity index is 2.79. The van der Waals surface area contributed by atoms with Crippen molar-refractivity contribution in [1.29, 1.82) is 0 Å². The number of nitrogens with one attached hydrogen (secondary N) is 1. The quantitative estimate of drug-likeness (QED) is 0.595. The number of aliphatic hydroxyl groups is 2. The van der Waals surface area contributed by atoms with Crippen molar-refractivity contribution in [3.63, 3.8) is 0 Å². The molecule has 0 saturated carbocycles. The van der Waals surface area contributed by atoms with E-state index < -0.39 is 0 Å². The fourth-order valence-electron chi connectivity index (χ4n) is 1.63. The van der Waals surface area contributed by atoms with Crippen molar-refractivity contribution in [3.05, 3.63) is 29.3 Å². The van der Waals surface area contributed by atoms with Crippen LogP contribution in [0, 0.1) is 6.92 Å². The second-order valence-electron chi connectivity index (χ2n) is 4.01. The molecule has 0 bridgehead atoms. The minimum atomic E-state index is -0.366. The molecule has 0 aromatic heterocycles. The Labute approximate surface area is 95.6 Å². The van der Waals surface area contributed by atoms with Crippen molar-refractivity contribution in [2.24, 2.45) is 0 Å². The van der Waals surface area contributed by atoms with Crippen molar-refractivity contribution < 1.29 is 15.3 Å². The van der Waals surface area contributed by atoms with Gasteiger partial charge < -0.3 is 20.6 Å². The van der Waals surface area contributed by atoms with Gasteiger partial charge in [0.25, 0.3) is 0 Å². The van der Waals surface area contributed by atoms with E-state index in [1.165, 1.54) is 0 Å². The van der Waals surface area contributed by atoms with Crippen LogP contribution in [-0.4, -0.2) is 34.6 Å². The maximum absolute atomic E-state index is 9.70. The van der Waals surface area contributed by atoms with Crippen LogP contribution in [0.4, 0.5) is 0 Å². The van der Waals surface area contributed by atoms with Gasteiger partial charge in [0.05, 0.1) is 19.3 Å². The van der Waals surface area contributed by atoms with E-state index in [1.807, 2.05) is 26.0 Å². The molecule has 1 aromatic carbocycles. The lowest BCUT2D eigenvalue weighted by Gasteiger charge is -2.21. The predicted molar refractivity (Wildman–Crippen MR) is 62.4 cm³/mol. The normalized spacial score (nSPS) is 13.1. The number of aryl methyl sites for hydroxylation is 1. The van der Waals surface area contributed by atoms with Crippen LogP contribution in [0.25, 0.3) is 0 Å². The standard InChI is InChI=1S/C12H19NO3/c1-8-3-4-12(16)11(5-8)9(2)13-10(6-14)7-15/h3-5,9-10,13-16H,6-7H2,1-2H3. The van der Waals surface area contributed by atoms with Crippen LogP contribution < -0.4 is 5.32 Å². The molecular formula is C12H19NO3. The first-order chi connectivity index (χ1) is 7.58. The summed E-state index contributed by atoms with van der Waals surface area (Å²) in [5, 5.41) is 30.7. The number of hydrogen-bond donors (Lipinski definition) is 4. The van der Waals surface area contributed by atoms with Crippen LogP contribution in [0.15, 0.2) is 18.2 Å². The van der Waals surface area contributed by atoms with Gasteiger partial charge >= 0.3 is 0 Å². The van der Waals surface area contributed by atoms with Crippen molar-refractivity contribution in [1.82, 2.24) is 5.32 Å². The SMILES string of the molecule is Cc1ccc(O)c(C(C)NC(CO)CO)c1. The molecule has 1 unspecified atom stereocenters. The van der Waals surface area contributed by atoms with Crippen LogP contribution >= 0.6 is 0 Å². The third kappa shape index (κ3) is 3.20. The number of benzene rings is 1. The highest BCUT2D eigenvalue weighted by atomic mass is 16.3. The lowest BCUT2D eigenvalue weighted by molar-refractivity contribution is 0.163. The third-order valence-electron chi connectivity index (χ3n) is 2.58. The van der Waals surface area contributed by atoms with Gasteiger partial charge in [-0.05, 0) is 19.9 Å². The summed E-state index contributed by atoms with van der Waals surface area (Å²) in [5.74, 6) is 0.222. The van der Waals surface area contributed by atoms with Gasteiger partial charge in [0.1, 0.15) is 5.75 Å². The summed E-state index contributed by atoms with van der Waals surface area (Å²) in [5.41, 5.74) is 1.83. The first-order valence-electron chi connectivity index (χ1n) is 5.35. The zero-order chi connectivity index (χ0) is 12.1. The summed E-state index contributed by atoms with van der Waals surface area (Å²) in [6.07, 6.45) is 0. The van der Waals surface area contributed by atoms with Gasteiger partial charge in [-0.25, -0.2) is 0 Å². The van der Waals surface area contributed by atoms with Gasteiger partial charge in [0.15, 0.2) is 0 Å². The zero-order valence-corrected chi connectivity index (χ0v) is 9.64. The minimum absolute atomic E-state index is 0.121. The van der Waals surface area contributed by atoms with E-state index >= 15 is 0 Å². The molecule has 0 radical (unpaired) electrons. The summed E-state index contributed by atoms with van der Waals surface area (Å²) in [4.78, 5) is 0. The molecule has 90 valence electrons. The monoisotopic (exact) mass is 225 g/mol. The topological polar surface area (TPSA) is 72.7 Å². The Morgan fingerprint density at radius 3 is 2.44 bits per heavy atom. The van der Waals surface area contributed by atoms with Gasteiger partial charge in [-0.2, -0.15) is 0 Å². The minimum Gasteiger partial charge on any atom is -0.508 e. The number of phenolic OH excluding ortho intramolecular Hbond substituents is 1. The average Bonchev–Trinajstić information content (AvgIpc) is 2.28. The maximum Gasteiger partial charge on any atom is 0.120 e. The van der Waals surface area contributed by atoms with E-state index in [4.69, 9.17) is 10.2 Å². The van der Waals surface area contributed by atoms with E-state index in [9.17, 15) is 5.11 Å². The van der Waals surface area contributed by atoms with Crippen LogP contribution in [0.1, 0.15) is 24.1 Å². The van der Waals surface area contributed by atoms with E-state index in [0.29, 0.717) is 0 Å². The maximum atomic E-state index is 9.70. The van der Waals surface area contributed by atoms with Crippen molar-refractivity contribution in [2.75, 3.05) is 13.2 Å². The summed E-state index contributed by atoms with van der Waals surface area (Å²) in [6.45, 7) is 3.57. The Kier molecular flexibility index (Phi) is 4.73. The van der Waals surface area contributed by atoms with E-state index in [2.05, 4.69) is 5.32 Å². The highest BCUT2D eigenvalue weighted by molar-refractivity contribution is 5.37. The molecule has 4 heteroatoms. The Morgan fingerprint density at radius 1 is 1.25 bits per heavy atom. The predicted octanol–water partition coefficient (Wildman–Crippen LogP) is 0.704. The second kappa shape index (κ2) is 5.84. The Bertz CT molecular complexity index is 337. The molecule has 1 aromatic rings. The van der Waals surface area contributed by atoms with Crippen LogP contribution in [0.5, 0.6) is 5.75 Å². The second-order valence-corrected chi connectivity index (χ2v) is 4.01. The molecule has 0 aliphatic heterocycles. The molecule has 4 nitrogen and oxygen atoms in total. The smallest absolute Gasteiger partial charge is 0.120 e. The van der Waals surface area contributed by atoms with Gasteiger partial charge in [0, 0.05) is 11.6 Å². The number of rotatable bonds is 5. The van der Waals surface area contributed by atoms with Crippen LogP contribution in [-0.2, 0) is 0 Å². The number of hydrogen-bond acceptors (Lipinski definition) is 4. The first-order valence-corrected chi connectivity index (χ1v) is 5.35. The lowest BCUT2D eigenvalue weighted by atomic mass is 10.0.